The molecule has 2 rings (SSSR count). The molecule has 0 aliphatic rings. The third kappa shape index (κ3) is 3.85. The molecule has 24 heavy (non-hydrogen) atoms. The monoisotopic (exact) mass is 350 g/mol. The van der Waals surface area contributed by atoms with E-state index in [1.807, 2.05) is 11.9 Å². The van der Waals surface area contributed by atoms with Gasteiger partial charge in [-0.15, -0.1) is 0 Å². The lowest BCUT2D eigenvalue weighted by Crippen LogP contribution is -2.22. The second-order valence-electron chi connectivity index (χ2n) is 5.76. The first-order valence-electron chi connectivity index (χ1n) is 7.71. The molecular weight excluding hydrogens is 328 g/mol. The van der Waals surface area contributed by atoms with Crippen molar-refractivity contribution in [3.63, 3.8) is 0 Å². The second-order valence-corrected chi connectivity index (χ2v) is 7.29. The van der Waals surface area contributed by atoms with Gasteiger partial charge in [-0.25, -0.2) is 13.6 Å². The average Bonchev–Trinajstić information content (AvgIpc) is 3.04. The summed E-state index contributed by atoms with van der Waals surface area (Å²) in [5, 5.41) is 5.41. The Kier molecular flexibility index (Phi) is 5.46. The zero-order chi connectivity index (χ0) is 17.9. The molecule has 0 aliphatic carbocycles. The summed E-state index contributed by atoms with van der Waals surface area (Å²) in [6.07, 6.45) is 4.88. The van der Waals surface area contributed by atoms with Crippen molar-refractivity contribution in [3.8, 4) is 11.1 Å². The van der Waals surface area contributed by atoms with Crippen LogP contribution in [-0.4, -0.2) is 27.8 Å². The average molecular weight is 350 g/mol. The number of nitrogens with two attached hydrogens (primary N) is 1. The Morgan fingerprint density at radius 1 is 1.33 bits per heavy atom. The van der Waals surface area contributed by atoms with Crippen LogP contribution in [0.15, 0.2) is 40.0 Å². The van der Waals surface area contributed by atoms with E-state index in [9.17, 15) is 13.2 Å². The Bertz CT molecular complexity index is 827. The summed E-state index contributed by atoms with van der Waals surface area (Å²) in [6, 6.07) is 4.71. The number of sulfonamides is 1. The molecule has 1 aromatic carbocycles. The van der Waals surface area contributed by atoms with Crippen molar-refractivity contribution >= 4 is 21.5 Å². The molecule has 130 valence electrons. The van der Waals surface area contributed by atoms with Crippen molar-refractivity contribution in [2.75, 3.05) is 18.5 Å². The van der Waals surface area contributed by atoms with Crippen LogP contribution in [0, 0.1) is 0 Å². The zero-order valence-corrected chi connectivity index (χ0v) is 14.9. The molecule has 1 heterocycles. The molecule has 0 saturated carbocycles. The van der Waals surface area contributed by atoms with Gasteiger partial charge in [0, 0.05) is 36.0 Å². The van der Waals surface area contributed by atoms with Crippen LogP contribution in [0.3, 0.4) is 0 Å². The van der Waals surface area contributed by atoms with Crippen molar-refractivity contribution in [1.29, 1.82) is 0 Å². The highest BCUT2D eigenvalue weighted by Gasteiger charge is 2.24. The maximum absolute atomic E-state index is 12.1. The predicted molar refractivity (Wildman–Crippen MR) is 93.7 cm³/mol. The molecule has 7 heteroatoms. The van der Waals surface area contributed by atoms with Crippen LogP contribution in [0.1, 0.15) is 37.0 Å². The number of hydrogen-bond donors (Lipinski definition) is 1. The minimum atomic E-state index is -4.01. The Labute approximate surface area is 142 Å². The highest BCUT2D eigenvalue weighted by Crippen LogP contribution is 2.37. The van der Waals surface area contributed by atoms with Gasteiger partial charge in [-0.2, -0.15) is 0 Å². The molecule has 6 nitrogen and oxygen atoms in total. The van der Waals surface area contributed by atoms with Gasteiger partial charge >= 0.3 is 0 Å². The lowest BCUT2D eigenvalue weighted by molar-refractivity contribution is 0.101. The number of nitrogens with zero attached hydrogens (tertiary/aromatic N) is 1. The molecule has 0 amide bonds. The molecule has 0 saturated heterocycles. The van der Waals surface area contributed by atoms with Gasteiger partial charge in [0.2, 0.25) is 10.0 Å². The van der Waals surface area contributed by atoms with Crippen LogP contribution in [0.25, 0.3) is 11.1 Å². The van der Waals surface area contributed by atoms with Crippen LogP contribution in [0.5, 0.6) is 0 Å². The molecule has 0 spiro atoms. The smallest absolute Gasteiger partial charge is 0.238 e. The topological polar surface area (TPSA) is 93.6 Å². The van der Waals surface area contributed by atoms with E-state index >= 15 is 0 Å². The molecule has 0 bridgehead atoms. The van der Waals surface area contributed by atoms with Crippen molar-refractivity contribution in [2.24, 2.45) is 5.14 Å². The molecule has 0 aliphatic heterocycles. The summed E-state index contributed by atoms with van der Waals surface area (Å²) in [5.41, 5.74) is 2.01. The van der Waals surface area contributed by atoms with Gasteiger partial charge in [0.25, 0.3) is 0 Å². The van der Waals surface area contributed by atoms with Crippen LogP contribution in [-0.2, 0) is 10.0 Å². The minimum Gasteiger partial charge on any atom is -0.472 e. The number of ketones is 1. The number of rotatable bonds is 7. The largest absolute Gasteiger partial charge is 0.472 e. The van der Waals surface area contributed by atoms with Gasteiger partial charge < -0.3 is 9.32 Å². The number of carbonyl (C=O) groups excluding carboxylic acids is 1. The minimum absolute atomic E-state index is 0.0741. The number of carbonyl (C=O) groups is 1. The van der Waals surface area contributed by atoms with E-state index in [4.69, 9.17) is 9.56 Å². The Morgan fingerprint density at radius 2 is 2.04 bits per heavy atom. The summed E-state index contributed by atoms with van der Waals surface area (Å²) >= 11 is 0. The maximum Gasteiger partial charge on any atom is 0.238 e. The van der Waals surface area contributed by atoms with Gasteiger partial charge in [0.05, 0.1) is 17.4 Å². The highest BCUT2D eigenvalue weighted by atomic mass is 32.2. The van der Waals surface area contributed by atoms with E-state index < -0.39 is 10.0 Å². The number of benzene rings is 1. The molecular formula is C17H22N2O4S. The molecule has 0 fully saturated rings. The van der Waals surface area contributed by atoms with Gasteiger partial charge in [0.1, 0.15) is 0 Å². The summed E-state index contributed by atoms with van der Waals surface area (Å²) in [5.74, 6) is -0.219. The van der Waals surface area contributed by atoms with Crippen LogP contribution in [0.2, 0.25) is 0 Å². The molecule has 1 aromatic heterocycles. The predicted octanol–water partition coefficient (Wildman–Crippen LogP) is 3.03. The van der Waals surface area contributed by atoms with E-state index in [-0.39, 0.29) is 10.7 Å². The van der Waals surface area contributed by atoms with E-state index in [1.54, 1.807) is 12.1 Å². The molecule has 0 unspecified atom stereocenters. The number of Topliss-reactive ketones (excluding diaryl/α,β-unsaturated/α-hetero) is 1. The Morgan fingerprint density at radius 3 is 2.54 bits per heavy atom. The fourth-order valence-electron chi connectivity index (χ4n) is 2.54. The van der Waals surface area contributed by atoms with Gasteiger partial charge in [-0.1, -0.05) is 13.3 Å². The van der Waals surface area contributed by atoms with Crippen molar-refractivity contribution in [2.45, 2.75) is 31.6 Å². The van der Waals surface area contributed by atoms with Crippen molar-refractivity contribution in [3.05, 3.63) is 36.3 Å². The van der Waals surface area contributed by atoms with Gasteiger partial charge in [-0.3, -0.25) is 4.79 Å². The van der Waals surface area contributed by atoms with Gasteiger partial charge in [0.15, 0.2) is 5.78 Å². The number of primary sulfonamides is 1. The molecule has 0 atom stereocenters. The van der Waals surface area contributed by atoms with Crippen LogP contribution < -0.4 is 10.0 Å². The third-order valence-corrected chi connectivity index (χ3v) is 4.80. The standard InChI is InChI=1S/C17H22N2O4S/c1-4-5-7-19(3)15-9-14(12(2)20)10-16(24(18,21)22)17(15)13-6-8-23-11-13/h6,8-11H,4-5,7H2,1-3H3,(H2,18,21,22). The highest BCUT2D eigenvalue weighted by molar-refractivity contribution is 7.89. The van der Waals surface area contributed by atoms with Crippen LogP contribution in [0.4, 0.5) is 5.69 Å². The number of anilines is 1. The van der Waals surface area contributed by atoms with E-state index in [2.05, 4.69) is 6.92 Å². The van der Waals surface area contributed by atoms with Gasteiger partial charge in [-0.05, 0) is 31.5 Å². The summed E-state index contributed by atoms with van der Waals surface area (Å²) < 4.78 is 29.4. The molecule has 0 radical (unpaired) electrons. The Hall–Kier alpha value is -2.12. The number of hydrogen-bond acceptors (Lipinski definition) is 5. The summed E-state index contributed by atoms with van der Waals surface area (Å²) in [4.78, 5) is 13.7. The van der Waals surface area contributed by atoms with Crippen molar-refractivity contribution < 1.29 is 17.6 Å². The van der Waals surface area contributed by atoms with Crippen molar-refractivity contribution in [1.82, 2.24) is 0 Å². The fourth-order valence-corrected chi connectivity index (χ4v) is 3.34. The SMILES string of the molecule is CCCCN(C)c1cc(C(C)=O)cc(S(N)(=O)=O)c1-c1ccoc1. The first-order chi connectivity index (χ1) is 11.3. The maximum atomic E-state index is 12.1. The third-order valence-electron chi connectivity index (χ3n) is 3.86. The summed E-state index contributed by atoms with van der Waals surface area (Å²) in [7, 11) is -2.15. The lowest BCUT2D eigenvalue weighted by Gasteiger charge is -2.24. The quantitative estimate of drug-likeness (QED) is 0.775. The fraction of sp³-hybridized carbons (Fsp3) is 0.353. The van der Waals surface area contributed by atoms with E-state index in [0.29, 0.717) is 22.4 Å². The Balaban J connectivity index is 2.78. The number of unbranched alkanes of at least 4 members (excludes halogenated alkanes) is 1. The van der Waals surface area contributed by atoms with E-state index in [0.717, 1.165) is 19.4 Å². The first-order valence-corrected chi connectivity index (χ1v) is 9.25. The first kappa shape index (κ1) is 18.2. The molecule has 2 aromatic rings. The van der Waals surface area contributed by atoms with E-state index in [1.165, 1.54) is 25.5 Å². The van der Waals surface area contributed by atoms with Crippen LogP contribution >= 0.6 is 0 Å². The normalized spacial score (nSPS) is 11.5. The number of furan rings is 1. The lowest BCUT2D eigenvalue weighted by atomic mass is 10.0. The zero-order valence-electron chi connectivity index (χ0n) is 14.1. The summed E-state index contributed by atoms with van der Waals surface area (Å²) in [6.45, 7) is 4.20. The molecule has 2 N–H and O–H groups in total. The second kappa shape index (κ2) is 7.19.